The predicted octanol–water partition coefficient (Wildman–Crippen LogP) is 2.75. The molecule has 0 bridgehead atoms. The Hall–Kier alpha value is -1.71. The fraction of sp³-hybridized carbons (Fsp3) is 0.588. The molecule has 0 aliphatic carbocycles. The first-order chi connectivity index (χ1) is 10.2. The molecule has 0 atom stereocenters. The number of ether oxygens (including phenoxy) is 1. The molecule has 116 valence electrons. The van der Waals surface area contributed by atoms with E-state index in [1.165, 1.54) is 24.1 Å². The van der Waals surface area contributed by atoms with Crippen LogP contribution in [0.1, 0.15) is 38.2 Å². The molecule has 1 amide bonds. The van der Waals surface area contributed by atoms with Crippen LogP contribution < -0.4 is 15.0 Å². The maximum atomic E-state index is 12.0. The molecule has 1 aromatic rings. The Kier molecular flexibility index (Phi) is 5.90. The number of carbonyl (C=O) groups excluding carboxylic acids is 1. The number of hydrogen-bond donors (Lipinski definition) is 1. The number of carbonyl (C=O) groups is 1. The van der Waals surface area contributed by atoms with Gasteiger partial charge in [-0.15, -0.1) is 0 Å². The SMILES string of the molecule is CCCCCNC(=O)CN1CCCc2cc(OC)ccc21. The zero-order valence-electron chi connectivity index (χ0n) is 13.2. The van der Waals surface area contributed by atoms with Gasteiger partial charge in [-0.3, -0.25) is 4.79 Å². The summed E-state index contributed by atoms with van der Waals surface area (Å²) in [4.78, 5) is 14.2. The van der Waals surface area contributed by atoms with E-state index in [9.17, 15) is 4.79 Å². The zero-order valence-corrected chi connectivity index (χ0v) is 13.2. The number of unbranched alkanes of at least 4 members (excludes halogenated alkanes) is 2. The van der Waals surface area contributed by atoms with Gasteiger partial charge in [0.2, 0.25) is 5.91 Å². The summed E-state index contributed by atoms with van der Waals surface area (Å²) in [5, 5.41) is 3.01. The molecule has 1 aliphatic heterocycles. The van der Waals surface area contributed by atoms with Gasteiger partial charge in [0.05, 0.1) is 13.7 Å². The maximum Gasteiger partial charge on any atom is 0.239 e. The summed E-state index contributed by atoms with van der Waals surface area (Å²) in [5.41, 5.74) is 2.45. The Bertz CT molecular complexity index is 474. The van der Waals surface area contributed by atoms with E-state index in [4.69, 9.17) is 4.74 Å². The number of fused-ring (bicyclic) bond motifs is 1. The standard InChI is InChI=1S/C17H26N2O2/c1-3-4-5-10-18-17(20)13-19-11-6-7-14-12-15(21-2)8-9-16(14)19/h8-9,12H,3-7,10-11,13H2,1-2H3,(H,18,20). The van der Waals surface area contributed by atoms with Crippen molar-refractivity contribution in [3.8, 4) is 5.75 Å². The lowest BCUT2D eigenvalue weighted by atomic mass is 10.0. The third kappa shape index (κ3) is 4.38. The van der Waals surface area contributed by atoms with Crippen LogP contribution in [0.2, 0.25) is 0 Å². The van der Waals surface area contributed by atoms with Crippen LogP contribution in [0.25, 0.3) is 0 Å². The molecule has 21 heavy (non-hydrogen) atoms. The van der Waals surface area contributed by atoms with Crippen LogP contribution in [0.3, 0.4) is 0 Å². The number of benzene rings is 1. The summed E-state index contributed by atoms with van der Waals surface area (Å²) in [6.07, 6.45) is 5.56. The molecule has 0 spiro atoms. The molecule has 4 heteroatoms. The first-order valence-electron chi connectivity index (χ1n) is 7.93. The largest absolute Gasteiger partial charge is 0.497 e. The molecule has 0 saturated heterocycles. The van der Waals surface area contributed by atoms with Crippen molar-refractivity contribution in [3.05, 3.63) is 23.8 Å². The molecule has 0 radical (unpaired) electrons. The average molecular weight is 290 g/mol. The lowest BCUT2D eigenvalue weighted by Crippen LogP contribution is -2.40. The van der Waals surface area contributed by atoms with Crippen molar-refractivity contribution in [2.75, 3.05) is 31.6 Å². The number of aryl methyl sites for hydroxylation is 1. The third-order valence-corrected chi connectivity index (χ3v) is 3.94. The van der Waals surface area contributed by atoms with E-state index in [0.717, 1.165) is 38.1 Å². The predicted molar refractivity (Wildman–Crippen MR) is 86.1 cm³/mol. The summed E-state index contributed by atoms with van der Waals surface area (Å²) in [7, 11) is 1.69. The molecule has 1 heterocycles. The van der Waals surface area contributed by atoms with Gasteiger partial charge in [-0.25, -0.2) is 0 Å². The summed E-state index contributed by atoms with van der Waals surface area (Å²) in [6, 6.07) is 6.12. The van der Waals surface area contributed by atoms with Crippen molar-refractivity contribution in [3.63, 3.8) is 0 Å². The van der Waals surface area contributed by atoms with Gasteiger partial charge in [-0.05, 0) is 43.0 Å². The molecule has 0 unspecified atom stereocenters. The fourth-order valence-corrected chi connectivity index (χ4v) is 2.77. The summed E-state index contributed by atoms with van der Waals surface area (Å²) < 4.78 is 5.27. The summed E-state index contributed by atoms with van der Waals surface area (Å²) in [5.74, 6) is 1.01. The van der Waals surface area contributed by atoms with Crippen molar-refractivity contribution in [1.29, 1.82) is 0 Å². The third-order valence-electron chi connectivity index (χ3n) is 3.94. The van der Waals surface area contributed by atoms with Gasteiger partial charge >= 0.3 is 0 Å². The van der Waals surface area contributed by atoms with Crippen molar-refractivity contribution in [2.45, 2.75) is 39.0 Å². The number of nitrogens with one attached hydrogen (secondary N) is 1. The second-order valence-electron chi connectivity index (χ2n) is 5.58. The van der Waals surface area contributed by atoms with Gasteiger partial charge in [-0.2, -0.15) is 0 Å². The molecule has 0 aromatic heterocycles. The van der Waals surface area contributed by atoms with Crippen LogP contribution in [-0.4, -0.2) is 32.7 Å². The highest BCUT2D eigenvalue weighted by Crippen LogP contribution is 2.30. The highest BCUT2D eigenvalue weighted by Gasteiger charge is 2.19. The number of anilines is 1. The topological polar surface area (TPSA) is 41.6 Å². The smallest absolute Gasteiger partial charge is 0.239 e. The van der Waals surface area contributed by atoms with E-state index in [2.05, 4.69) is 29.3 Å². The molecule has 0 saturated carbocycles. The van der Waals surface area contributed by atoms with E-state index < -0.39 is 0 Å². The van der Waals surface area contributed by atoms with Gasteiger partial charge in [-0.1, -0.05) is 19.8 Å². The first kappa shape index (κ1) is 15.7. The van der Waals surface area contributed by atoms with Crippen LogP contribution >= 0.6 is 0 Å². The normalized spacial score (nSPS) is 13.7. The monoisotopic (exact) mass is 290 g/mol. The highest BCUT2D eigenvalue weighted by atomic mass is 16.5. The fourth-order valence-electron chi connectivity index (χ4n) is 2.77. The Morgan fingerprint density at radius 1 is 1.38 bits per heavy atom. The van der Waals surface area contributed by atoms with E-state index in [-0.39, 0.29) is 5.91 Å². The van der Waals surface area contributed by atoms with E-state index in [0.29, 0.717) is 6.54 Å². The Morgan fingerprint density at radius 3 is 3.00 bits per heavy atom. The lowest BCUT2D eigenvalue weighted by Gasteiger charge is -2.31. The Balaban J connectivity index is 1.92. The zero-order chi connectivity index (χ0) is 15.1. The number of rotatable bonds is 7. The van der Waals surface area contributed by atoms with Gasteiger partial charge in [0.1, 0.15) is 5.75 Å². The second-order valence-corrected chi connectivity index (χ2v) is 5.58. The molecular weight excluding hydrogens is 264 g/mol. The molecule has 0 fully saturated rings. The summed E-state index contributed by atoms with van der Waals surface area (Å²) in [6.45, 7) is 4.35. The van der Waals surface area contributed by atoms with Crippen molar-refractivity contribution >= 4 is 11.6 Å². The Morgan fingerprint density at radius 2 is 2.24 bits per heavy atom. The number of hydrogen-bond acceptors (Lipinski definition) is 3. The molecular formula is C17H26N2O2. The van der Waals surface area contributed by atoms with Crippen molar-refractivity contribution in [1.82, 2.24) is 5.32 Å². The van der Waals surface area contributed by atoms with Crippen LogP contribution in [0, 0.1) is 0 Å². The van der Waals surface area contributed by atoms with E-state index in [1.807, 2.05) is 6.07 Å². The van der Waals surface area contributed by atoms with Crippen LogP contribution in [0.5, 0.6) is 5.75 Å². The highest BCUT2D eigenvalue weighted by molar-refractivity contribution is 5.82. The van der Waals surface area contributed by atoms with Crippen molar-refractivity contribution < 1.29 is 9.53 Å². The van der Waals surface area contributed by atoms with Crippen LogP contribution in [0.15, 0.2) is 18.2 Å². The molecule has 2 rings (SSSR count). The lowest BCUT2D eigenvalue weighted by molar-refractivity contribution is -0.119. The van der Waals surface area contributed by atoms with Crippen molar-refractivity contribution in [2.24, 2.45) is 0 Å². The minimum atomic E-state index is 0.120. The van der Waals surface area contributed by atoms with E-state index in [1.54, 1.807) is 7.11 Å². The van der Waals surface area contributed by atoms with Crippen LogP contribution in [-0.2, 0) is 11.2 Å². The maximum absolute atomic E-state index is 12.0. The molecule has 1 aliphatic rings. The Labute approximate surface area is 127 Å². The minimum absolute atomic E-state index is 0.120. The van der Waals surface area contributed by atoms with Gasteiger partial charge in [0.15, 0.2) is 0 Å². The molecule has 1 N–H and O–H groups in total. The second kappa shape index (κ2) is 7.91. The van der Waals surface area contributed by atoms with Crippen LogP contribution in [0.4, 0.5) is 5.69 Å². The van der Waals surface area contributed by atoms with Gasteiger partial charge in [0, 0.05) is 18.8 Å². The first-order valence-corrected chi connectivity index (χ1v) is 7.93. The average Bonchev–Trinajstić information content (AvgIpc) is 2.51. The number of methoxy groups -OCH3 is 1. The number of nitrogens with zero attached hydrogens (tertiary/aromatic N) is 1. The van der Waals surface area contributed by atoms with E-state index >= 15 is 0 Å². The van der Waals surface area contributed by atoms with Gasteiger partial charge < -0.3 is 15.0 Å². The van der Waals surface area contributed by atoms with Gasteiger partial charge in [0.25, 0.3) is 0 Å². The summed E-state index contributed by atoms with van der Waals surface area (Å²) >= 11 is 0. The number of amides is 1. The molecule has 1 aromatic carbocycles. The quantitative estimate of drug-likeness (QED) is 0.785. The molecule has 4 nitrogen and oxygen atoms in total. The minimum Gasteiger partial charge on any atom is -0.497 e.